The molecule has 1 aromatic heterocycles. The summed E-state index contributed by atoms with van der Waals surface area (Å²) in [5, 5.41) is 16.9. The minimum Gasteiger partial charge on any atom is -0.479 e. The number of hydrogen-bond acceptors (Lipinski definition) is 4. The fraction of sp³-hybridized carbons (Fsp3) is 0.667. The number of hydrogen-bond donors (Lipinski definition) is 2. The molecule has 1 aliphatic carbocycles. The highest BCUT2D eigenvalue weighted by Crippen LogP contribution is 2.28. The van der Waals surface area contributed by atoms with Crippen molar-refractivity contribution in [3.63, 3.8) is 0 Å². The smallest absolute Gasteiger partial charge is 0.258 e. The molecule has 2 N–H and O–H groups in total. The van der Waals surface area contributed by atoms with E-state index in [2.05, 4.69) is 10.4 Å². The van der Waals surface area contributed by atoms with Crippen molar-refractivity contribution in [3.05, 3.63) is 11.8 Å². The molecule has 0 unspecified atom stereocenters. The number of aromatic nitrogens is 2. The molecule has 18 heavy (non-hydrogen) atoms. The lowest BCUT2D eigenvalue weighted by atomic mass is 10.0. The van der Waals surface area contributed by atoms with Gasteiger partial charge in [0.25, 0.3) is 5.91 Å². The maximum Gasteiger partial charge on any atom is 0.258 e. The molecule has 0 spiro atoms. The van der Waals surface area contributed by atoms with Crippen LogP contribution in [0.4, 0.5) is 0 Å². The minimum absolute atomic E-state index is 0.264. The van der Waals surface area contributed by atoms with E-state index in [4.69, 9.17) is 4.74 Å². The second-order valence-electron chi connectivity index (χ2n) is 4.84. The van der Waals surface area contributed by atoms with Gasteiger partial charge in [-0.05, 0) is 12.8 Å². The van der Waals surface area contributed by atoms with E-state index in [1.54, 1.807) is 13.2 Å². The van der Waals surface area contributed by atoms with Gasteiger partial charge in [-0.25, -0.2) is 0 Å². The summed E-state index contributed by atoms with van der Waals surface area (Å²) in [5.74, 6) is 0.0358. The van der Waals surface area contributed by atoms with Crippen LogP contribution in [0.3, 0.4) is 0 Å². The Hall–Kier alpha value is -1.56. The SMILES string of the molecule is COc1nn(C)cc1C(=O)NCC1(O)CCCC1. The van der Waals surface area contributed by atoms with Gasteiger partial charge in [-0.2, -0.15) is 0 Å². The lowest BCUT2D eigenvalue weighted by molar-refractivity contribution is 0.0449. The summed E-state index contributed by atoms with van der Waals surface area (Å²) >= 11 is 0. The molecule has 1 saturated carbocycles. The molecule has 0 bridgehead atoms. The van der Waals surface area contributed by atoms with Crippen molar-refractivity contribution in [2.75, 3.05) is 13.7 Å². The number of ether oxygens (including phenoxy) is 1. The van der Waals surface area contributed by atoms with Crippen molar-refractivity contribution in [1.82, 2.24) is 15.1 Å². The molecule has 0 aromatic carbocycles. The number of carbonyl (C=O) groups excluding carboxylic acids is 1. The Morgan fingerprint density at radius 3 is 2.89 bits per heavy atom. The number of nitrogens with one attached hydrogen (secondary N) is 1. The summed E-state index contributed by atoms with van der Waals surface area (Å²) in [4.78, 5) is 12.0. The quantitative estimate of drug-likeness (QED) is 0.817. The van der Waals surface area contributed by atoms with Gasteiger partial charge in [0.15, 0.2) is 0 Å². The van der Waals surface area contributed by atoms with Gasteiger partial charge in [0, 0.05) is 19.8 Å². The first-order valence-corrected chi connectivity index (χ1v) is 6.12. The Morgan fingerprint density at radius 1 is 1.61 bits per heavy atom. The molecule has 0 atom stereocenters. The Kier molecular flexibility index (Phi) is 3.56. The zero-order chi connectivity index (χ0) is 13.2. The standard InChI is InChI=1S/C12H19N3O3/c1-15-7-9(11(14-15)18-2)10(16)13-8-12(17)5-3-4-6-12/h7,17H,3-6,8H2,1-2H3,(H,13,16). The fourth-order valence-electron chi connectivity index (χ4n) is 2.32. The first-order valence-electron chi connectivity index (χ1n) is 6.12. The molecule has 0 aliphatic heterocycles. The number of methoxy groups -OCH3 is 1. The number of aliphatic hydroxyl groups is 1. The third-order valence-electron chi connectivity index (χ3n) is 3.35. The molecular formula is C12H19N3O3. The zero-order valence-electron chi connectivity index (χ0n) is 10.8. The van der Waals surface area contributed by atoms with Crippen LogP contribution in [-0.4, -0.2) is 40.0 Å². The summed E-state index contributed by atoms with van der Waals surface area (Å²) in [6.45, 7) is 0.282. The van der Waals surface area contributed by atoms with Crippen molar-refractivity contribution in [2.24, 2.45) is 7.05 Å². The topological polar surface area (TPSA) is 76.4 Å². The maximum atomic E-state index is 12.0. The van der Waals surface area contributed by atoms with Gasteiger partial charge < -0.3 is 15.2 Å². The molecule has 1 aliphatic rings. The Morgan fingerprint density at radius 2 is 2.28 bits per heavy atom. The third-order valence-corrected chi connectivity index (χ3v) is 3.35. The minimum atomic E-state index is -0.745. The summed E-state index contributed by atoms with van der Waals surface area (Å²) in [6.07, 6.45) is 5.13. The van der Waals surface area contributed by atoms with Crippen LogP contribution in [0.5, 0.6) is 5.88 Å². The second kappa shape index (κ2) is 4.97. The Labute approximate surface area is 106 Å². The highest BCUT2D eigenvalue weighted by Gasteiger charge is 2.31. The van der Waals surface area contributed by atoms with E-state index in [9.17, 15) is 9.90 Å². The summed E-state index contributed by atoms with van der Waals surface area (Å²) in [6, 6.07) is 0. The van der Waals surface area contributed by atoms with Crippen molar-refractivity contribution >= 4 is 5.91 Å². The molecule has 1 aromatic rings. The largest absolute Gasteiger partial charge is 0.479 e. The zero-order valence-corrected chi connectivity index (χ0v) is 10.8. The average Bonchev–Trinajstić information content (AvgIpc) is 2.93. The number of aryl methyl sites for hydroxylation is 1. The molecule has 2 rings (SSSR count). The second-order valence-corrected chi connectivity index (χ2v) is 4.84. The third kappa shape index (κ3) is 2.64. The maximum absolute atomic E-state index is 12.0. The van der Waals surface area contributed by atoms with Gasteiger partial charge >= 0.3 is 0 Å². The summed E-state index contributed by atoms with van der Waals surface area (Å²) < 4.78 is 6.55. The molecular weight excluding hydrogens is 234 g/mol. The van der Waals surface area contributed by atoms with Gasteiger partial charge in [0.2, 0.25) is 5.88 Å². The van der Waals surface area contributed by atoms with Crippen LogP contribution in [0.2, 0.25) is 0 Å². The Balaban J connectivity index is 1.99. The molecule has 6 heteroatoms. The van der Waals surface area contributed by atoms with Crippen LogP contribution in [0.1, 0.15) is 36.0 Å². The molecule has 0 saturated heterocycles. The first kappa shape index (κ1) is 12.9. The molecule has 100 valence electrons. The molecule has 1 fully saturated rings. The van der Waals surface area contributed by atoms with Crippen molar-refractivity contribution in [1.29, 1.82) is 0 Å². The van der Waals surface area contributed by atoms with E-state index in [0.29, 0.717) is 11.4 Å². The van der Waals surface area contributed by atoms with E-state index in [1.165, 1.54) is 11.8 Å². The average molecular weight is 253 g/mol. The van der Waals surface area contributed by atoms with E-state index in [0.717, 1.165) is 25.7 Å². The van der Waals surface area contributed by atoms with Gasteiger partial charge in [-0.15, -0.1) is 5.10 Å². The van der Waals surface area contributed by atoms with E-state index >= 15 is 0 Å². The van der Waals surface area contributed by atoms with Crippen LogP contribution in [0.15, 0.2) is 6.20 Å². The normalized spacial score (nSPS) is 17.7. The van der Waals surface area contributed by atoms with Crippen molar-refractivity contribution in [3.8, 4) is 5.88 Å². The number of amides is 1. The van der Waals surface area contributed by atoms with Crippen LogP contribution in [0.25, 0.3) is 0 Å². The van der Waals surface area contributed by atoms with Crippen molar-refractivity contribution in [2.45, 2.75) is 31.3 Å². The van der Waals surface area contributed by atoms with Crippen molar-refractivity contribution < 1.29 is 14.6 Å². The predicted octanol–water partition coefficient (Wildman–Crippen LogP) is 0.464. The Bertz CT molecular complexity index is 436. The monoisotopic (exact) mass is 253 g/mol. The lowest BCUT2D eigenvalue weighted by Gasteiger charge is -2.22. The first-order chi connectivity index (χ1) is 8.54. The van der Waals surface area contributed by atoms with E-state index < -0.39 is 5.60 Å². The summed E-state index contributed by atoms with van der Waals surface area (Å²) in [7, 11) is 3.20. The van der Waals surface area contributed by atoms with Gasteiger partial charge in [-0.1, -0.05) is 12.8 Å². The van der Waals surface area contributed by atoms with Gasteiger partial charge in [0.1, 0.15) is 5.56 Å². The predicted molar refractivity (Wildman–Crippen MR) is 65.5 cm³/mol. The number of nitrogens with zero attached hydrogens (tertiary/aromatic N) is 2. The van der Waals surface area contributed by atoms with E-state index in [-0.39, 0.29) is 12.5 Å². The lowest BCUT2D eigenvalue weighted by Crippen LogP contribution is -2.40. The van der Waals surface area contributed by atoms with Gasteiger partial charge in [-0.3, -0.25) is 9.48 Å². The number of rotatable bonds is 4. The highest BCUT2D eigenvalue weighted by molar-refractivity contribution is 5.96. The van der Waals surface area contributed by atoms with Crippen LogP contribution >= 0.6 is 0 Å². The molecule has 0 radical (unpaired) electrons. The van der Waals surface area contributed by atoms with Crippen LogP contribution < -0.4 is 10.1 Å². The van der Waals surface area contributed by atoms with E-state index in [1.807, 2.05) is 0 Å². The van der Waals surface area contributed by atoms with Crippen LogP contribution in [0, 0.1) is 0 Å². The number of carbonyl (C=O) groups is 1. The molecule has 1 amide bonds. The fourth-order valence-corrected chi connectivity index (χ4v) is 2.32. The van der Waals surface area contributed by atoms with Crippen LogP contribution in [-0.2, 0) is 7.05 Å². The molecule has 1 heterocycles. The summed E-state index contributed by atoms with van der Waals surface area (Å²) in [5.41, 5.74) is -0.355. The van der Waals surface area contributed by atoms with Gasteiger partial charge in [0.05, 0.1) is 12.7 Å². The highest BCUT2D eigenvalue weighted by atomic mass is 16.5. The molecule has 6 nitrogen and oxygen atoms in total.